The predicted octanol–water partition coefficient (Wildman–Crippen LogP) is 4.57. The van der Waals surface area contributed by atoms with Crippen LogP contribution in [0.15, 0.2) is 24.3 Å². The molecule has 1 atom stereocenters. The first-order valence-electron chi connectivity index (χ1n) is 5.95. The van der Waals surface area contributed by atoms with E-state index in [2.05, 4.69) is 41.5 Å². The molecule has 0 aliphatic carbocycles. The van der Waals surface area contributed by atoms with E-state index in [1.165, 1.54) is 5.56 Å². The first kappa shape index (κ1) is 13.1. The van der Waals surface area contributed by atoms with Crippen molar-refractivity contribution in [3.8, 4) is 5.75 Å². The summed E-state index contributed by atoms with van der Waals surface area (Å²) in [5.41, 5.74) is 1.76. The van der Waals surface area contributed by atoms with Crippen molar-refractivity contribution in [2.45, 2.75) is 47.5 Å². The van der Waals surface area contributed by atoms with E-state index < -0.39 is 0 Å². The maximum absolute atomic E-state index is 9.30. The Kier molecular flexibility index (Phi) is 3.37. The molecule has 0 aliphatic rings. The van der Waals surface area contributed by atoms with Crippen molar-refractivity contribution in [2.75, 3.05) is 0 Å². The number of hydrogen-bond donors (Lipinski definition) is 1. The fourth-order valence-electron chi connectivity index (χ4n) is 1.83. The average molecular weight is 220 g/mol. The third-order valence-electron chi connectivity index (χ3n) is 4.41. The summed E-state index contributed by atoms with van der Waals surface area (Å²) in [5, 5.41) is 9.30. The van der Waals surface area contributed by atoms with Gasteiger partial charge in [-0.1, -0.05) is 53.7 Å². The van der Waals surface area contributed by atoms with Crippen LogP contribution in [0, 0.1) is 10.8 Å². The Morgan fingerprint density at radius 2 is 1.38 bits per heavy atom. The second kappa shape index (κ2) is 4.12. The zero-order valence-corrected chi connectivity index (χ0v) is 11.3. The fourth-order valence-corrected chi connectivity index (χ4v) is 1.83. The number of phenolic OH excluding ortho intramolecular Hbond substituents is 1. The van der Waals surface area contributed by atoms with Gasteiger partial charge in [0.05, 0.1) is 0 Å². The lowest BCUT2D eigenvalue weighted by molar-refractivity contribution is 0.101. The van der Waals surface area contributed by atoms with Gasteiger partial charge in [-0.15, -0.1) is 0 Å². The van der Waals surface area contributed by atoms with Crippen LogP contribution in [0.3, 0.4) is 0 Å². The van der Waals surface area contributed by atoms with Gasteiger partial charge >= 0.3 is 0 Å². The Morgan fingerprint density at radius 3 is 1.75 bits per heavy atom. The van der Waals surface area contributed by atoms with Gasteiger partial charge in [0.15, 0.2) is 0 Å². The molecule has 0 saturated carbocycles. The van der Waals surface area contributed by atoms with E-state index in [0.717, 1.165) is 0 Å². The van der Waals surface area contributed by atoms with Gasteiger partial charge in [-0.05, 0) is 34.4 Å². The van der Waals surface area contributed by atoms with Crippen LogP contribution in [0.25, 0.3) is 0 Å². The summed E-state index contributed by atoms with van der Waals surface area (Å²) in [6.07, 6.45) is 0. The molecule has 1 rings (SSSR count). The Balaban J connectivity index is 3.02. The number of aromatic hydroxyl groups is 1. The van der Waals surface area contributed by atoms with Crippen LogP contribution in [-0.4, -0.2) is 5.11 Å². The summed E-state index contributed by atoms with van der Waals surface area (Å²) in [4.78, 5) is 0. The van der Waals surface area contributed by atoms with Gasteiger partial charge < -0.3 is 5.11 Å². The van der Waals surface area contributed by atoms with E-state index in [1.54, 1.807) is 12.1 Å². The molecule has 1 nitrogen and oxygen atoms in total. The SMILES string of the molecule is CC(c1ccc(O)cc1)C(C)(C)C(C)(C)C. The smallest absolute Gasteiger partial charge is 0.115 e. The molecule has 0 aromatic heterocycles. The molecule has 1 aromatic rings. The number of benzene rings is 1. The van der Waals surface area contributed by atoms with E-state index in [-0.39, 0.29) is 10.8 Å². The van der Waals surface area contributed by atoms with Crippen LogP contribution in [0.5, 0.6) is 5.75 Å². The van der Waals surface area contributed by atoms with Crippen LogP contribution in [0.4, 0.5) is 0 Å². The summed E-state index contributed by atoms with van der Waals surface area (Å²) in [6, 6.07) is 7.58. The molecule has 0 saturated heterocycles. The highest BCUT2D eigenvalue weighted by atomic mass is 16.3. The summed E-state index contributed by atoms with van der Waals surface area (Å²) in [5.74, 6) is 0.803. The Labute approximate surface area is 99.5 Å². The highest BCUT2D eigenvalue weighted by molar-refractivity contribution is 5.29. The normalized spacial score (nSPS) is 14.9. The molecular formula is C15H24O. The zero-order valence-electron chi connectivity index (χ0n) is 11.3. The van der Waals surface area contributed by atoms with Gasteiger partial charge in [0.1, 0.15) is 5.75 Å². The van der Waals surface area contributed by atoms with E-state index in [4.69, 9.17) is 0 Å². The van der Waals surface area contributed by atoms with Gasteiger partial charge in [0.25, 0.3) is 0 Å². The largest absolute Gasteiger partial charge is 0.508 e. The molecular weight excluding hydrogens is 196 g/mol. The first-order valence-corrected chi connectivity index (χ1v) is 5.95. The standard InChI is InChI=1S/C15H24O/c1-11(15(5,6)14(2,3)4)12-7-9-13(16)10-8-12/h7-11,16H,1-6H3. The van der Waals surface area contributed by atoms with Crippen LogP contribution >= 0.6 is 0 Å². The van der Waals surface area contributed by atoms with Crippen molar-refractivity contribution < 1.29 is 5.11 Å². The summed E-state index contributed by atoms with van der Waals surface area (Å²) >= 11 is 0. The molecule has 1 N–H and O–H groups in total. The van der Waals surface area contributed by atoms with Crippen LogP contribution < -0.4 is 0 Å². The predicted molar refractivity (Wildman–Crippen MR) is 69.8 cm³/mol. The third kappa shape index (κ3) is 2.40. The van der Waals surface area contributed by atoms with Gasteiger partial charge in [-0.3, -0.25) is 0 Å². The van der Waals surface area contributed by atoms with Gasteiger partial charge in [0, 0.05) is 0 Å². The molecule has 0 aliphatic heterocycles. The van der Waals surface area contributed by atoms with Crippen molar-refractivity contribution >= 4 is 0 Å². The van der Waals surface area contributed by atoms with Crippen LogP contribution in [-0.2, 0) is 0 Å². The van der Waals surface area contributed by atoms with Crippen molar-refractivity contribution in [1.82, 2.24) is 0 Å². The van der Waals surface area contributed by atoms with Gasteiger partial charge in [0.2, 0.25) is 0 Å². The maximum atomic E-state index is 9.30. The van der Waals surface area contributed by atoms with Crippen molar-refractivity contribution in [1.29, 1.82) is 0 Å². The van der Waals surface area contributed by atoms with E-state index >= 15 is 0 Å². The van der Waals surface area contributed by atoms with Crippen molar-refractivity contribution in [3.05, 3.63) is 29.8 Å². The van der Waals surface area contributed by atoms with E-state index in [1.807, 2.05) is 12.1 Å². The first-order chi connectivity index (χ1) is 7.16. The zero-order chi connectivity index (χ0) is 12.6. The lowest BCUT2D eigenvalue weighted by Crippen LogP contribution is -2.34. The van der Waals surface area contributed by atoms with Gasteiger partial charge in [-0.25, -0.2) is 0 Å². The van der Waals surface area contributed by atoms with Crippen LogP contribution in [0.2, 0.25) is 0 Å². The van der Waals surface area contributed by atoms with Crippen molar-refractivity contribution in [3.63, 3.8) is 0 Å². The highest BCUT2D eigenvalue weighted by Gasteiger charge is 2.38. The fraction of sp³-hybridized carbons (Fsp3) is 0.600. The Bertz CT molecular complexity index is 341. The van der Waals surface area contributed by atoms with Gasteiger partial charge in [-0.2, -0.15) is 0 Å². The lowest BCUT2D eigenvalue weighted by Gasteiger charge is -2.44. The minimum Gasteiger partial charge on any atom is -0.508 e. The van der Waals surface area contributed by atoms with Crippen LogP contribution in [0.1, 0.15) is 53.0 Å². The molecule has 0 amide bonds. The molecule has 0 fully saturated rings. The summed E-state index contributed by atoms with van der Waals surface area (Å²) < 4.78 is 0. The maximum Gasteiger partial charge on any atom is 0.115 e. The molecule has 16 heavy (non-hydrogen) atoms. The quantitative estimate of drug-likeness (QED) is 0.774. The minimum atomic E-state index is 0.212. The summed E-state index contributed by atoms with van der Waals surface area (Å²) in [6.45, 7) is 13.7. The topological polar surface area (TPSA) is 20.2 Å². The molecule has 90 valence electrons. The lowest BCUT2D eigenvalue weighted by atomic mass is 9.61. The Hall–Kier alpha value is -0.980. The Morgan fingerprint density at radius 1 is 0.938 bits per heavy atom. The number of hydrogen-bond acceptors (Lipinski definition) is 1. The average Bonchev–Trinajstić information content (AvgIpc) is 2.16. The monoisotopic (exact) mass is 220 g/mol. The number of phenols is 1. The molecule has 1 heteroatoms. The molecule has 1 aromatic carbocycles. The molecule has 0 spiro atoms. The summed E-state index contributed by atoms with van der Waals surface area (Å²) in [7, 11) is 0. The second-order valence-corrected chi connectivity index (χ2v) is 6.28. The van der Waals surface area contributed by atoms with E-state index in [9.17, 15) is 5.11 Å². The van der Waals surface area contributed by atoms with Crippen molar-refractivity contribution in [2.24, 2.45) is 10.8 Å². The molecule has 0 bridgehead atoms. The number of rotatable bonds is 2. The minimum absolute atomic E-state index is 0.212. The third-order valence-corrected chi connectivity index (χ3v) is 4.41. The molecule has 1 unspecified atom stereocenters. The molecule has 0 heterocycles. The highest BCUT2D eigenvalue weighted by Crippen LogP contribution is 2.48. The second-order valence-electron chi connectivity index (χ2n) is 6.28. The molecule has 0 radical (unpaired) electrons. The van der Waals surface area contributed by atoms with E-state index in [0.29, 0.717) is 11.7 Å².